The number of nitrogens with one attached hydrogen (secondary N) is 2. The molecule has 4 N–H and O–H groups in total. The fourth-order valence-corrected chi connectivity index (χ4v) is 4.26. The summed E-state index contributed by atoms with van der Waals surface area (Å²) >= 11 is 0. The number of aromatic amines is 1. The van der Waals surface area contributed by atoms with Gasteiger partial charge < -0.3 is 25.5 Å². The third-order valence-electron chi connectivity index (χ3n) is 6.63. The molecule has 0 bridgehead atoms. The largest absolute Gasteiger partial charge is 0.414 e. The Bertz CT molecular complexity index is 1060. The van der Waals surface area contributed by atoms with E-state index in [4.69, 9.17) is 15.2 Å². The zero-order chi connectivity index (χ0) is 26.3. The predicted molar refractivity (Wildman–Crippen MR) is 121 cm³/mol. The molecule has 36 heavy (non-hydrogen) atoms. The maximum atomic E-state index is 13.1. The molecule has 1 heterocycles. The second-order valence-corrected chi connectivity index (χ2v) is 9.94. The van der Waals surface area contributed by atoms with Crippen LogP contribution >= 0.6 is 0 Å². The van der Waals surface area contributed by atoms with E-state index in [0.717, 1.165) is 19.8 Å². The van der Waals surface area contributed by atoms with Gasteiger partial charge in [-0.05, 0) is 50.3 Å². The minimum Gasteiger partial charge on any atom is -0.376 e. The number of benzene rings is 1. The van der Waals surface area contributed by atoms with Gasteiger partial charge >= 0.3 is 6.18 Å². The highest BCUT2D eigenvalue weighted by Crippen LogP contribution is 2.44. The third-order valence-corrected chi connectivity index (χ3v) is 6.63. The van der Waals surface area contributed by atoms with Gasteiger partial charge in [-0.25, -0.2) is 13.8 Å². The highest BCUT2D eigenvalue weighted by molar-refractivity contribution is 5.78. The first-order valence-corrected chi connectivity index (χ1v) is 12.1. The highest BCUT2D eigenvalue weighted by atomic mass is 19.4. The lowest BCUT2D eigenvalue weighted by Gasteiger charge is -2.34. The van der Waals surface area contributed by atoms with Crippen molar-refractivity contribution in [2.75, 3.05) is 6.61 Å². The maximum Gasteiger partial charge on any atom is 0.414 e. The lowest BCUT2D eigenvalue weighted by atomic mass is 9.79. The molecule has 2 aliphatic carbocycles. The Labute approximate surface area is 205 Å². The first-order chi connectivity index (χ1) is 16.8. The molecule has 2 aromatic rings. The van der Waals surface area contributed by atoms with Crippen LogP contribution in [0.15, 0.2) is 18.2 Å². The number of aromatic nitrogens is 2. The maximum absolute atomic E-state index is 13.1. The molecule has 1 aromatic carbocycles. The van der Waals surface area contributed by atoms with Crippen LogP contribution < -0.4 is 11.1 Å². The van der Waals surface area contributed by atoms with Crippen molar-refractivity contribution in [3.63, 3.8) is 0 Å². The summed E-state index contributed by atoms with van der Waals surface area (Å²) in [5.41, 5.74) is 7.96. The molecule has 12 heteroatoms. The fraction of sp³-hybridized carbons (Fsp3) is 0.667. The van der Waals surface area contributed by atoms with Crippen LogP contribution in [0.2, 0.25) is 0 Å². The van der Waals surface area contributed by atoms with Gasteiger partial charge in [0, 0.05) is 19.3 Å². The standard InChI is InChI=1S/C24H31F5N4O3/c1-12(36-13(2)24(27,28)29)21(30)22-32-17-6-3-15(8-18(17)33-22)19(11-35-16-4-5-16)31-20(34)7-14-9-23(25,26)10-14/h3,6,8,12-14,16,19,21H,4-5,7,9-11,30H2,1-2H3,(H,31,34)(H,32,33)/t12-,13-,19-,21+/m1/s1. The Kier molecular flexibility index (Phi) is 7.59. The zero-order valence-corrected chi connectivity index (χ0v) is 20.1. The zero-order valence-electron chi connectivity index (χ0n) is 20.1. The molecule has 0 saturated heterocycles. The lowest BCUT2D eigenvalue weighted by molar-refractivity contribution is -0.227. The number of carbonyl (C=O) groups excluding carboxylic acids is 1. The molecule has 1 amide bonds. The van der Waals surface area contributed by atoms with Crippen molar-refractivity contribution in [3.8, 4) is 0 Å². The molecular formula is C24H31F5N4O3. The van der Waals surface area contributed by atoms with Gasteiger partial charge in [-0.1, -0.05) is 6.07 Å². The van der Waals surface area contributed by atoms with Crippen molar-refractivity contribution in [1.82, 2.24) is 15.3 Å². The summed E-state index contributed by atoms with van der Waals surface area (Å²) in [6, 6.07) is 3.81. The van der Waals surface area contributed by atoms with E-state index >= 15 is 0 Å². The first-order valence-electron chi connectivity index (χ1n) is 12.1. The third kappa shape index (κ3) is 6.71. The van der Waals surface area contributed by atoms with E-state index in [1.807, 2.05) is 0 Å². The Morgan fingerprint density at radius 1 is 1.28 bits per heavy atom. The number of hydrogen-bond acceptors (Lipinski definition) is 5. The van der Waals surface area contributed by atoms with Gasteiger partial charge in [0.2, 0.25) is 11.8 Å². The minimum absolute atomic E-state index is 0.0229. The number of amides is 1. The van der Waals surface area contributed by atoms with Crippen LogP contribution in [0, 0.1) is 5.92 Å². The van der Waals surface area contributed by atoms with E-state index in [9.17, 15) is 26.7 Å². The molecule has 0 unspecified atom stereocenters. The summed E-state index contributed by atoms with van der Waals surface area (Å²) in [7, 11) is 0. The Morgan fingerprint density at radius 2 is 1.97 bits per heavy atom. The number of alkyl halides is 5. The second-order valence-electron chi connectivity index (χ2n) is 9.94. The molecule has 2 aliphatic rings. The van der Waals surface area contributed by atoms with Crippen LogP contribution in [0.1, 0.15) is 69.4 Å². The Balaban J connectivity index is 1.45. The average Bonchev–Trinajstić information content (AvgIpc) is 3.50. The van der Waals surface area contributed by atoms with E-state index in [2.05, 4.69) is 15.3 Å². The minimum atomic E-state index is -4.50. The summed E-state index contributed by atoms with van der Waals surface area (Å²) in [4.78, 5) is 20.0. The van der Waals surface area contributed by atoms with Crippen molar-refractivity contribution in [1.29, 1.82) is 0 Å². The summed E-state index contributed by atoms with van der Waals surface area (Å²) in [6.45, 7) is 2.59. The van der Waals surface area contributed by atoms with Crippen LogP contribution in [0.3, 0.4) is 0 Å². The van der Waals surface area contributed by atoms with Gasteiger partial charge in [-0.15, -0.1) is 0 Å². The molecule has 200 valence electrons. The van der Waals surface area contributed by atoms with Crippen LogP contribution in [0.25, 0.3) is 11.0 Å². The summed E-state index contributed by atoms with van der Waals surface area (Å²) in [5, 5.41) is 2.90. The SMILES string of the molecule is C[C@@H](O[C@H](C)C(F)(F)F)[C@H](N)c1nc2ccc([C@@H](COC3CC3)NC(=O)CC3CC(F)(F)C3)cc2[nH]1. The summed E-state index contributed by atoms with van der Waals surface area (Å²) in [6.07, 6.45) is -5.93. The van der Waals surface area contributed by atoms with Crippen molar-refractivity contribution in [2.24, 2.45) is 11.7 Å². The molecule has 1 aromatic heterocycles. The summed E-state index contributed by atoms with van der Waals surface area (Å²) in [5.74, 6) is -3.08. The van der Waals surface area contributed by atoms with Gasteiger partial charge in [-0.2, -0.15) is 13.2 Å². The number of halogens is 5. The predicted octanol–water partition coefficient (Wildman–Crippen LogP) is 4.69. The summed E-state index contributed by atoms with van der Waals surface area (Å²) < 4.78 is 75.6. The molecule has 7 nitrogen and oxygen atoms in total. The number of nitrogens with zero attached hydrogens (tertiary/aromatic N) is 1. The van der Waals surface area contributed by atoms with Gasteiger partial charge in [0.1, 0.15) is 5.82 Å². The van der Waals surface area contributed by atoms with E-state index in [-0.39, 0.29) is 49.6 Å². The van der Waals surface area contributed by atoms with Crippen LogP contribution in [0.4, 0.5) is 22.0 Å². The van der Waals surface area contributed by atoms with Crippen molar-refractivity contribution in [2.45, 2.75) is 88.4 Å². The fourth-order valence-electron chi connectivity index (χ4n) is 4.26. The Morgan fingerprint density at radius 3 is 2.58 bits per heavy atom. The lowest BCUT2D eigenvalue weighted by Crippen LogP contribution is -2.40. The Hall–Kier alpha value is -2.31. The highest BCUT2D eigenvalue weighted by Gasteiger charge is 2.46. The average molecular weight is 519 g/mol. The molecule has 0 spiro atoms. The van der Waals surface area contributed by atoms with Gasteiger partial charge in [0.15, 0.2) is 6.10 Å². The normalized spacial score (nSPS) is 21.6. The number of nitrogens with two attached hydrogens (primary N) is 1. The van der Waals surface area contributed by atoms with E-state index in [1.165, 1.54) is 6.92 Å². The molecule has 4 rings (SSSR count). The van der Waals surface area contributed by atoms with Gasteiger partial charge in [0.05, 0.1) is 41.9 Å². The quantitative estimate of drug-likeness (QED) is 0.375. The van der Waals surface area contributed by atoms with E-state index in [0.29, 0.717) is 16.6 Å². The van der Waals surface area contributed by atoms with Crippen LogP contribution in [-0.2, 0) is 14.3 Å². The number of carbonyl (C=O) groups is 1. The van der Waals surface area contributed by atoms with Crippen LogP contribution in [-0.4, -0.2) is 52.9 Å². The molecule has 0 radical (unpaired) electrons. The number of rotatable bonds is 11. The van der Waals surface area contributed by atoms with Crippen LogP contribution in [0.5, 0.6) is 0 Å². The topological polar surface area (TPSA) is 102 Å². The number of ether oxygens (including phenoxy) is 2. The number of fused-ring (bicyclic) bond motifs is 1. The smallest absolute Gasteiger partial charge is 0.376 e. The molecule has 2 fully saturated rings. The van der Waals surface area contributed by atoms with Crippen molar-refractivity contribution in [3.05, 3.63) is 29.6 Å². The van der Waals surface area contributed by atoms with Gasteiger partial charge in [-0.3, -0.25) is 4.79 Å². The molecular weight excluding hydrogens is 487 g/mol. The van der Waals surface area contributed by atoms with Gasteiger partial charge in [0.25, 0.3) is 0 Å². The molecule has 2 saturated carbocycles. The molecule has 4 atom stereocenters. The first kappa shape index (κ1) is 26.7. The van der Waals surface area contributed by atoms with Crippen molar-refractivity contribution < 1.29 is 36.2 Å². The van der Waals surface area contributed by atoms with E-state index < -0.39 is 36.4 Å². The monoisotopic (exact) mass is 518 g/mol. The number of hydrogen-bond donors (Lipinski definition) is 3. The van der Waals surface area contributed by atoms with E-state index in [1.54, 1.807) is 18.2 Å². The number of H-pyrrole nitrogens is 1. The number of imidazole rings is 1. The van der Waals surface area contributed by atoms with Crippen molar-refractivity contribution >= 4 is 16.9 Å². The second kappa shape index (κ2) is 10.2. The molecule has 0 aliphatic heterocycles.